The number of allylic oxidation sites excluding steroid dienone is 2. The lowest BCUT2D eigenvalue weighted by molar-refractivity contribution is -0.385. The summed E-state index contributed by atoms with van der Waals surface area (Å²) in [6, 6.07) is 7.74. The fraction of sp³-hybridized carbons (Fsp3) is 0.0588. The molecule has 0 atom stereocenters. The Morgan fingerprint density at radius 3 is 2.30 bits per heavy atom. The van der Waals surface area contributed by atoms with Gasteiger partial charge in [0.15, 0.2) is 0 Å². The van der Waals surface area contributed by atoms with Crippen LogP contribution in [-0.4, -0.2) is 16.5 Å². The number of hydrogen-bond acceptors (Lipinski definition) is 5. The molecule has 0 heterocycles. The lowest BCUT2D eigenvalue weighted by atomic mass is 9.91. The van der Waals surface area contributed by atoms with Gasteiger partial charge in [0.05, 0.1) is 16.2 Å². The summed E-state index contributed by atoms with van der Waals surface area (Å²) in [6.07, 6.45) is -4.71. The normalized spacial score (nSPS) is 14.2. The van der Waals surface area contributed by atoms with Crippen LogP contribution in [0.1, 0.15) is 26.3 Å². The van der Waals surface area contributed by atoms with Gasteiger partial charge in [0, 0.05) is 11.6 Å². The number of halogens is 4. The van der Waals surface area contributed by atoms with Crippen LogP contribution in [0.5, 0.6) is 0 Å². The number of anilines is 1. The Morgan fingerprint density at radius 1 is 1.00 bits per heavy atom. The summed E-state index contributed by atoms with van der Waals surface area (Å²) in [5, 5.41) is 12.6. The molecular weight excluding hydrogens is 389 g/mol. The van der Waals surface area contributed by atoms with Gasteiger partial charge in [-0.05, 0) is 18.2 Å². The van der Waals surface area contributed by atoms with Crippen LogP contribution in [0.25, 0.3) is 0 Å². The van der Waals surface area contributed by atoms with Gasteiger partial charge in [0.1, 0.15) is 16.3 Å². The molecule has 0 aliphatic heterocycles. The minimum absolute atomic E-state index is 0.314. The number of carbonyl (C=O) groups is 2. The number of rotatable bonds is 3. The average molecular weight is 397 g/mol. The molecule has 2 aromatic rings. The van der Waals surface area contributed by atoms with Crippen molar-refractivity contribution in [3.05, 3.63) is 80.0 Å². The van der Waals surface area contributed by atoms with Crippen molar-refractivity contribution in [1.29, 1.82) is 0 Å². The summed E-state index contributed by atoms with van der Waals surface area (Å²) in [7, 11) is 0. The Kier molecular flexibility index (Phi) is 4.48. The van der Waals surface area contributed by atoms with E-state index in [9.17, 15) is 32.9 Å². The molecule has 27 heavy (non-hydrogen) atoms. The lowest BCUT2D eigenvalue weighted by Crippen LogP contribution is -2.26. The number of nitrogens with zero attached hydrogens (tertiary/aromatic N) is 1. The first kappa shape index (κ1) is 18.6. The molecule has 138 valence electrons. The molecule has 6 nitrogen and oxygen atoms in total. The summed E-state index contributed by atoms with van der Waals surface area (Å²) < 4.78 is 39.4. The predicted molar refractivity (Wildman–Crippen MR) is 89.7 cm³/mol. The highest BCUT2D eigenvalue weighted by atomic mass is 35.5. The Bertz CT molecular complexity index is 1030. The summed E-state index contributed by atoms with van der Waals surface area (Å²) in [5.74, 6) is -1.94. The highest BCUT2D eigenvalue weighted by Crippen LogP contribution is 2.38. The Balaban J connectivity index is 2.12. The Labute approximate surface area is 154 Å². The molecule has 3 rings (SSSR count). The van der Waals surface area contributed by atoms with Crippen LogP contribution in [0, 0.1) is 10.1 Å². The van der Waals surface area contributed by atoms with Gasteiger partial charge in [-0.2, -0.15) is 13.2 Å². The quantitative estimate of drug-likeness (QED) is 0.607. The van der Waals surface area contributed by atoms with E-state index >= 15 is 0 Å². The first-order valence-corrected chi connectivity index (χ1v) is 7.70. The topological polar surface area (TPSA) is 89.3 Å². The van der Waals surface area contributed by atoms with Crippen LogP contribution in [-0.2, 0) is 6.18 Å². The van der Waals surface area contributed by atoms with Gasteiger partial charge < -0.3 is 5.32 Å². The standard InChI is InChI=1S/C17H8ClF3N2O4/c18-13-14(22-10-6-2-1-5-9(10)17(19,20)21)15(24)8-4-3-7-11(23(26)27)12(8)16(13)25/h1-7,22H. The molecule has 1 aliphatic rings. The molecule has 0 saturated heterocycles. The van der Waals surface area contributed by atoms with E-state index in [1.165, 1.54) is 18.2 Å². The largest absolute Gasteiger partial charge is 0.418 e. The first-order valence-electron chi connectivity index (χ1n) is 7.32. The zero-order valence-electron chi connectivity index (χ0n) is 13.1. The van der Waals surface area contributed by atoms with Gasteiger partial charge >= 0.3 is 6.18 Å². The molecular formula is C17H8ClF3N2O4. The zero-order chi connectivity index (χ0) is 19.9. The fourth-order valence-electron chi connectivity index (χ4n) is 2.66. The molecule has 0 spiro atoms. The second kappa shape index (κ2) is 6.51. The molecule has 2 aromatic carbocycles. The van der Waals surface area contributed by atoms with E-state index in [4.69, 9.17) is 11.6 Å². The third-order valence-electron chi connectivity index (χ3n) is 3.85. The molecule has 0 saturated carbocycles. The second-order valence-corrected chi connectivity index (χ2v) is 5.85. The van der Waals surface area contributed by atoms with Crippen molar-refractivity contribution in [2.24, 2.45) is 0 Å². The third kappa shape index (κ3) is 3.17. The number of nitrogens with one attached hydrogen (secondary N) is 1. The number of Topliss-reactive ketones (excluding diaryl/α,β-unsaturated/α-hetero) is 2. The van der Waals surface area contributed by atoms with Crippen LogP contribution < -0.4 is 5.32 Å². The molecule has 0 radical (unpaired) electrons. The maximum atomic E-state index is 13.1. The van der Waals surface area contributed by atoms with Crippen molar-refractivity contribution in [3.8, 4) is 0 Å². The summed E-state index contributed by atoms with van der Waals surface area (Å²) in [5.41, 5.74) is -3.54. The zero-order valence-corrected chi connectivity index (χ0v) is 13.9. The van der Waals surface area contributed by atoms with Gasteiger partial charge in [-0.1, -0.05) is 29.8 Å². The number of nitro groups is 1. The third-order valence-corrected chi connectivity index (χ3v) is 4.21. The molecule has 0 fully saturated rings. The average Bonchev–Trinajstić information content (AvgIpc) is 2.62. The van der Waals surface area contributed by atoms with Gasteiger partial charge in [0.2, 0.25) is 11.6 Å². The molecule has 0 bridgehead atoms. The van der Waals surface area contributed by atoms with Crippen molar-refractivity contribution >= 4 is 34.5 Å². The van der Waals surface area contributed by atoms with Gasteiger partial charge in [-0.25, -0.2) is 0 Å². The lowest BCUT2D eigenvalue weighted by Gasteiger charge is -2.20. The van der Waals surface area contributed by atoms with Gasteiger partial charge in [-0.3, -0.25) is 19.7 Å². The highest BCUT2D eigenvalue weighted by Gasteiger charge is 2.38. The van der Waals surface area contributed by atoms with E-state index in [0.29, 0.717) is 0 Å². The van der Waals surface area contributed by atoms with Crippen LogP contribution in [0.4, 0.5) is 24.5 Å². The Hall–Kier alpha value is -3.20. The maximum absolute atomic E-state index is 13.1. The van der Waals surface area contributed by atoms with E-state index in [1.54, 1.807) is 0 Å². The first-order chi connectivity index (χ1) is 12.6. The van der Waals surface area contributed by atoms with Crippen molar-refractivity contribution in [1.82, 2.24) is 0 Å². The van der Waals surface area contributed by atoms with E-state index in [0.717, 1.165) is 24.3 Å². The molecule has 1 N–H and O–H groups in total. The van der Waals surface area contributed by atoms with E-state index in [1.807, 2.05) is 0 Å². The number of nitro benzene ring substituents is 1. The van der Waals surface area contributed by atoms with Gasteiger partial charge in [0.25, 0.3) is 5.69 Å². The number of fused-ring (bicyclic) bond motifs is 1. The van der Waals surface area contributed by atoms with Crippen molar-refractivity contribution in [3.63, 3.8) is 0 Å². The highest BCUT2D eigenvalue weighted by molar-refractivity contribution is 6.50. The second-order valence-electron chi connectivity index (χ2n) is 5.47. The van der Waals surface area contributed by atoms with Crippen LogP contribution in [0.2, 0.25) is 0 Å². The summed E-state index contributed by atoms with van der Waals surface area (Å²) >= 11 is 5.89. The SMILES string of the molecule is O=C1C(Nc2ccccc2C(F)(F)F)=C(Cl)C(=O)c2c1cccc2[N+](=O)[O-]. The molecule has 0 amide bonds. The van der Waals surface area contributed by atoms with Gasteiger partial charge in [-0.15, -0.1) is 0 Å². The minimum atomic E-state index is -4.71. The Morgan fingerprint density at radius 2 is 1.67 bits per heavy atom. The summed E-state index contributed by atoms with van der Waals surface area (Å²) in [6.45, 7) is 0. The molecule has 0 unspecified atom stereocenters. The van der Waals surface area contributed by atoms with E-state index in [-0.39, 0.29) is 5.56 Å². The fourth-order valence-corrected chi connectivity index (χ4v) is 2.89. The van der Waals surface area contributed by atoms with Crippen molar-refractivity contribution in [2.45, 2.75) is 6.18 Å². The maximum Gasteiger partial charge on any atom is 0.418 e. The van der Waals surface area contributed by atoms with E-state index < -0.39 is 55.9 Å². The number of ketones is 2. The monoisotopic (exact) mass is 396 g/mol. The minimum Gasteiger partial charge on any atom is -0.350 e. The molecule has 10 heteroatoms. The van der Waals surface area contributed by atoms with Crippen molar-refractivity contribution in [2.75, 3.05) is 5.32 Å². The predicted octanol–water partition coefficient (Wildman–Crippen LogP) is 4.56. The van der Waals surface area contributed by atoms with Crippen molar-refractivity contribution < 1.29 is 27.7 Å². The van der Waals surface area contributed by atoms with Crippen LogP contribution >= 0.6 is 11.6 Å². The molecule has 1 aliphatic carbocycles. The number of hydrogen-bond donors (Lipinski definition) is 1. The van der Waals surface area contributed by atoms with E-state index in [2.05, 4.69) is 5.32 Å². The number of carbonyl (C=O) groups excluding carboxylic acids is 2. The number of benzene rings is 2. The van der Waals surface area contributed by atoms with Crippen LogP contribution in [0.15, 0.2) is 53.2 Å². The number of para-hydroxylation sites is 1. The van der Waals surface area contributed by atoms with Crippen LogP contribution in [0.3, 0.4) is 0 Å². The smallest absolute Gasteiger partial charge is 0.350 e. The molecule has 0 aromatic heterocycles. The number of alkyl halides is 3. The summed E-state index contributed by atoms with van der Waals surface area (Å²) in [4.78, 5) is 35.4.